The number of hydrogen-bond donors (Lipinski definition) is 3. The summed E-state index contributed by atoms with van der Waals surface area (Å²) in [5.41, 5.74) is 4.08. The topological polar surface area (TPSA) is 99.8 Å². The molecule has 8 nitrogen and oxygen atoms in total. The first-order valence-corrected chi connectivity index (χ1v) is 14.6. The Morgan fingerprint density at radius 3 is 2.58 bits per heavy atom. The van der Waals surface area contributed by atoms with Gasteiger partial charge < -0.3 is 15.4 Å². The third-order valence-electron chi connectivity index (χ3n) is 6.65. The van der Waals surface area contributed by atoms with Crippen LogP contribution in [0.25, 0.3) is 0 Å². The van der Waals surface area contributed by atoms with Crippen molar-refractivity contribution in [3.8, 4) is 0 Å². The van der Waals surface area contributed by atoms with Gasteiger partial charge in [-0.25, -0.2) is 9.80 Å². The van der Waals surface area contributed by atoms with E-state index in [9.17, 15) is 14.4 Å². The molecule has 2 aromatic rings. The van der Waals surface area contributed by atoms with Gasteiger partial charge in [0.05, 0.1) is 4.88 Å². The minimum Gasteiger partial charge on any atom is -0.445 e. The summed E-state index contributed by atoms with van der Waals surface area (Å²) in [4.78, 5) is 38.3. The summed E-state index contributed by atoms with van der Waals surface area (Å²) in [5, 5.41) is 9.67. The van der Waals surface area contributed by atoms with Gasteiger partial charge in [-0.3, -0.25) is 15.0 Å². The standard InChI is InChI=1S/C29H42N4O4S/c1-21(2)17-25(31-28(35)26-14-10-16-38-26)27(34)32-33-19-22(3)18-24(33)13-8-5-9-15-30-29(36)37-20-23-11-6-4-7-12-23/h4,6-7,10-12,14,16,21-22,24-25H,5,8-9,13,15,17-20H2,1-3H3,(H,30,36)(H,31,35)(H,32,34)/t22?,24-,25-/m0/s1. The summed E-state index contributed by atoms with van der Waals surface area (Å²) >= 11 is 1.37. The van der Waals surface area contributed by atoms with Crippen LogP contribution in [0.3, 0.4) is 0 Å². The fourth-order valence-electron chi connectivity index (χ4n) is 4.77. The molecule has 1 aromatic heterocycles. The molecule has 2 heterocycles. The average Bonchev–Trinajstić information content (AvgIpc) is 3.55. The predicted molar refractivity (Wildman–Crippen MR) is 151 cm³/mol. The van der Waals surface area contributed by atoms with Gasteiger partial charge >= 0.3 is 6.09 Å². The van der Waals surface area contributed by atoms with Crippen LogP contribution >= 0.6 is 11.3 Å². The monoisotopic (exact) mass is 542 g/mol. The fraction of sp³-hybridized carbons (Fsp3) is 0.552. The fourth-order valence-corrected chi connectivity index (χ4v) is 5.39. The van der Waals surface area contributed by atoms with Crippen molar-refractivity contribution in [2.75, 3.05) is 13.1 Å². The van der Waals surface area contributed by atoms with E-state index in [0.29, 0.717) is 23.8 Å². The van der Waals surface area contributed by atoms with E-state index in [1.165, 1.54) is 11.3 Å². The van der Waals surface area contributed by atoms with Crippen molar-refractivity contribution < 1.29 is 19.1 Å². The number of hydrogen-bond acceptors (Lipinski definition) is 6. The van der Waals surface area contributed by atoms with Gasteiger partial charge in [-0.2, -0.15) is 0 Å². The van der Waals surface area contributed by atoms with E-state index in [-0.39, 0.29) is 30.4 Å². The number of amides is 3. The largest absolute Gasteiger partial charge is 0.445 e. The number of carbonyl (C=O) groups excluding carboxylic acids is 3. The zero-order valence-corrected chi connectivity index (χ0v) is 23.6. The second kappa shape index (κ2) is 15.5. The Labute approximate surface area is 230 Å². The number of ether oxygens (including phenoxy) is 1. The minimum absolute atomic E-state index is 0.152. The normalized spacial score (nSPS) is 18.2. The lowest BCUT2D eigenvalue weighted by atomic mass is 10.0. The lowest BCUT2D eigenvalue weighted by Crippen LogP contribution is -2.54. The molecule has 38 heavy (non-hydrogen) atoms. The number of nitrogens with one attached hydrogen (secondary N) is 3. The Bertz CT molecular complexity index is 999. The van der Waals surface area contributed by atoms with Crippen LogP contribution in [0.4, 0.5) is 4.79 Å². The third kappa shape index (κ3) is 10.1. The van der Waals surface area contributed by atoms with E-state index in [1.54, 1.807) is 6.07 Å². The van der Waals surface area contributed by atoms with Crippen LogP contribution in [0, 0.1) is 11.8 Å². The first kappa shape index (κ1) is 29.6. The number of carbonyl (C=O) groups is 3. The smallest absolute Gasteiger partial charge is 0.407 e. The summed E-state index contributed by atoms with van der Waals surface area (Å²) in [7, 11) is 0. The molecule has 0 spiro atoms. The van der Waals surface area contributed by atoms with Crippen LogP contribution in [0.15, 0.2) is 47.8 Å². The molecular formula is C29H42N4O4S. The van der Waals surface area contributed by atoms with Crippen molar-refractivity contribution in [3.05, 3.63) is 58.3 Å². The first-order valence-electron chi connectivity index (χ1n) is 13.7. The van der Waals surface area contributed by atoms with Crippen LogP contribution in [0.2, 0.25) is 0 Å². The highest BCUT2D eigenvalue weighted by atomic mass is 32.1. The molecule has 0 aliphatic carbocycles. The van der Waals surface area contributed by atoms with Gasteiger partial charge in [-0.05, 0) is 54.5 Å². The molecule has 1 aliphatic heterocycles. The van der Waals surface area contributed by atoms with E-state index in [4.69, 9.17) is 4.74 Å². The zero-order valence-electron chi connectivity index (χ0n) is 22.8. The second-order valence-electron chi connectivity index (χ2n) is 10.6. The summed E-state index contributed by atoms with van der Waals surface area (Å²) in [6.45, 7) is 7.96. The minimum atomic E-state index is -0.575. The van der Waals surface area contributed by atoms with Crippen molar-refractivity contribution in [1.29, 1.82) is 0 Å². The molecule has 208 valence electrons. The van der Waals surface area contributed by atoms with Crippen molar-refractivity contribution in [3.63, 3.8) is 0 Å². The van der Waals surface area contributed by atoms with Gasteiger partial charge in [0.2, 0.25) is 0 Å². The molecule has 3 rings (SSSR count). The van der Waals surface area contributed by atoms with Gasteiger partial charge in [0, 0.05) is 19.1 Å². The quantitative estimate of drug-likeness (QED) is 0.288. The van der Waals surface area contributed by atoms with Crippen LogP contribution in [0.1, 0.15) is 74.5 Å². The first-order chi connectivity index (χ1) is 18.3. The van der Waals surface area contributed by atoms with E-state index in [0.717, 1.165) is 44.2 Å². The van der Waals surface area contributed by atoms with E-state index < -0.39 is 12.1 Å². The van der Waals surface area contributed by atoms with Crippen LogP contribution < -0.4 is 16.1 Å². The molecule has 1 fully saturated rings. The molecule has 1 unspecified atom stereocenters. The lowest BCUT2D eigenvalue weighted by Gasteiger charge is -2.28. The maximum atomic E-state index is 13.2. The van der Waals surface area contributed by atoms with Gasteiger partial charge in [-0.15, -0.1) is 11.3 Å². The van der Waals surface area contributed by atoms with Gasteiger partial charge in [0.1, 0.15) is 12.6 Å². The highest BCUT2D eigenvalue weighted by molar-refractivity contribution is 7.12. The second-order valence-corrected chi connectivity index (χ2v) is 11.5. The number of nitrogens with zero attached hydrogens (tertiary/aromatic N) is 1. The summed E-state index contributed by atoms with van der Waals surface area (Å²) in [5.74, 6) is 0.406. The molecule has 3 atom stereocenters. The molecule has 9 heteroatoms. The number of alkyl carbamates (subject to hydrolysis) is 1. The zero-order chi connectivity index (χ0) is 27.3. The Morgan fingerprint density at radius 1 is 1.08 bits per heavy atom. The van der Waals surface area contributed by atoms with Crippen molar-refractivity contribution in [1.82, 2.24) is 21.1 Å². The Balaban J connectivity index is 1.37. The molecule has 1 aliphatic rings. The van der Waals surface area contributed by atoms with Gasteiger partial charge in [0.15, 0.2) is 0 Å². The summed E-state index contributed by atoms with van der Waals surface area (Å²) < 4.78 is 5.24. The molecule has 0 bridgehead atoms. The van der Waals surface area contributed by atoms with Gasteiger partial charge in [-0.1, -0.05) is 70.0 Å². The van der Waals surface area contributed by atoms with Crippen molar-refractivity contribution in [2.45, 2.75) is 78.0 Å². The maximum absolute atomic E-state index is 13.2. The molecule has 0 radical (unpaired) electrons. The predicted octanol–water partition coefficient (Wildman–Crippen LogP) is 5.12. The third-order valence-corrected chi connectivity index (χ3v) is 7.52. The number of hydrazine groups is 1. The SMILES string of the molecule is CC(C)C[C@H](NC(=O)c1cccs1)C(=O)NN1CC(C)C[C@@H]1CCCCCNC(=O)OCc1ccccc1. The molecule has 0 saturated carbocycles. The molecule has 1 aromatic carbocycles. The van der Waals surface area contributed by atoms with Crippen LogP contribution in [-0.2, 0) is 16.1 Å². The Morgan fingerprint density at radius 2 is 1.87 bits per heavy atom. The molecule has 1 saturated heterocycles. The van der Waals surface area contributed by atoms with E-state index in [2.05, 4.69) is 41.8 Å². The van der Waals surface area contributed by atoms with Crippen molar-refractivity contribution in [2.24, 2.45) is 11.8 Å². The summed E-state index contributed by atoms with van der Waals surface area (Å²) in [6, 6.07) is 12.9. The molecule has 3 N–H and O–H groups in total. The highest BCUT2D eigenvalue weighted by Crippen LogP contribution is 2.25. The highest BCUT2D eigenvalue weighted by Gasteiger charge is 2.32. The lowest BCUT2D eigenvalue weighted by molar-refractivity contribution is -0.128. The number of rotatable bonds is 14. The number of benzene rings is 1. The summed E-state index contributed by atoms with van der Waals surface area (Å²) in [6.07, 6.45) is 5.06. The van der Waals surface area contributed by atoms with Crippen LogP contribution in [0.5, 0.6) is 0 Å². The number of unbranched alkanes of at least 4 members (excludes halogenated alkanes) is 2. The molecule has 3 amide bonds. The van der Waals surface area contributed by atoms with Gasteiger partial charge in [0.25, 0.3) is 11.8 Å². The van der Waals surface area contributed by atoms with E-state index >= 15 is 0 Å². The Kier molecular flexibility index (Phi) is 12.1. The maximum Gasteiger partial charge on any atom is 0.407 e. The average molecular weight is 543 g/mol. The van der Waals surface area contributed by atoms with Crippen molar-refractivity contribution >= 4 is 29.2 Å². The molecular weight excluding hydrogens is 500 g/mol. The Hall–Kier alpha value is -2.91. The van der Waals surface area contributed by atoms with E-state index in [1.807, 2.05) is 41.8 Å². The number of thiophene rings is 1. The van der Waals surface area contributed by atoms with Crippen LogP contribution in [-0.4, -0.2) is 48.1 Å².